The number of hydrogen-bond acceptors (Lipinski definition) is 3. The molecule has 0 radical (unpaired) electrons. The third-order valence-electron chi connectivity index (χ3n) is 6.25. The molecule has 5 nitrogen and oxygen atoms in total. The minimum absolute atomic E-state index is 0.0511. The van der Waals surface area contributed by atoms with Crippen LogP contribution in [0, 0.1) is 0 Å². The van der Waals surface area contributed by atoms with Crippen LogP contribution in [0.1, 0.15) is 142 Å². The van der Waals surface area contributed by atoms with E-state index in [1.165, 1.54) is 89.9 Å². The molecule has 0 rings (SSSR count). The molecule has 0 aliphatic rings. The Kier molecular flexibility index (Phi) is 23.7. The van der Waals surface area contributed by atoms with E-state index in [0.717, 1.165) is 25.7 Å². The van der Waals surface area contributed by atoms with Gasteiger partial charge in [-0.05, 0) is 32.2 Å². The number of carbonyl (C=O) groups is 2. The standard InChI is InChI=1S/C27H55N3O2/c1-3-5-6-7-8-9-10-11-12-13-14-15-16-17-18-21-24-29-27(32)25(22-19-20-23-28)30-26(31)4-2/h25H,3-24,28H2,1-2H3,(H,29,32)(H,30,31)/t25-/m0/s1. The zero-order valence-corrected chi connectivity index (χ0v) is 21.5. The smallest absolute Gasteiger partial charge is 0.242 e. The van der Waals surface area contributed by atoms with Crippen molar-refractivity contribution < 1.29 is 9.59 Å². The molecule has 190 valence electrons. The van der Waals surface area contributed by atoms with Crippen LogP contribution < -0.4 is 16.4 Å². The van der Waals surface area contributed by atoms with E-state index in [9.17, 15) is 9.59 Å². The van der Waals surface area contributed by atoms with Crippen LogP contribution in [-0.2, 0) is 9.59 Å². The molecule has 0 aromatic heterocycles. The highest BCUT2D eigenvalue weighted by Gasteiger charge is 2.19. The molecule has 32 heavy (non-hydrogen) atoms. The number of unbranched alkanes of at least 4 members (excludes halogenated alkanes) is 16. The predicted octanol–water partition coefficient (Wildman–Crippen LogP) is 6.39. The molecule has 0 saturated carbocycles. The van der Waals surface area contributed by atoms with Crippen LogP contribution >= 0.6 is 0 Å². The van der Waals surface area contributed by atoms with Crippen molar-refractivity contribution in [3.8, 4) is 0 Å². The van der Waals surface area contributed by atoms with Crippen molar-refractivity contribution in [2.75, 3.05) is 13.1 Å². The van der Waals surface area contributed by atoms with Gasteiger partial charge in [0.25, 0.3) is 0 Å². The van der Waals surface area contributed by atoms with Crippen molar-refractivity contribution in [1.82, 2.24) is 10.6 Å². The number of carbonyl (C=O) groups excluding carboxylic acids is 2. The molecule has 0 saturated heterocycles. The Morgan fingerprint density at radius 3 is 1.56 bits per heavy atom. The first kappa shape index (κ1) is 30.9. The zero-order valence-electron chi connectivity index (χ0n) is 21.5. The SMILES string of the molecule is CCCCCCCCCCCCCCCCCCNC(=O)[C@H](CCCCN)NC(=O)CC. The van der Waals surface area contributed by atoms with E-state index in [2.05, 4.69) is 17.6 Å². The van der Waals surface area contributed by atoms with Gasteiger partial charge in [0.15, 0.2) is 0 Å². The zero-order chi connectivity index (χ0) is 23.7. The highest BCUT2D eigenvalue weighted by molar-refractivity contribution is 5.87. The molecule has 0 aliphatic heterocycles. The van der Waals surface area contributed by atoms with Crippen molar-refractivity contribution in [2.24, 2.45) is 5.73 Å². The average molecular weight is 454 g/mol. The van der Waals surface area contributed by atoms with Crippen LogP contribution in [0.25, 0.3) is 0 Å². The van der Waals surface area contributed by atoms with Crippen molar-refractivity contribution in [1.29, 1.82) is 0 Å². The molecular weight excluding hydrogens is 398 g/mol. The number of hydrogen-bond donors (Lipinski definition) is 3. The van der Waals surface area contributed by atoms with Gasteiger partial charge in [-0.25, -0.2) is 0 Å². The summed E-state index contributed by atoms with van der Waals surface area (Å²) in [5.74, 6) is -0.120. The summed E-state index contributed by atoms with van der Waals surface area (Å²) in [5.41, 5.74) is 5.54. The first-order chi connectivity index (χ1) is 15.7. The van der Waals surface area contributed by atoms with Gasteiger partial charge in [-0.1, -0.05) is 110 Å². The lowest BCUT2D eigenvalue weighted by Gasteiger charge is -2.18. The van der Waals surface area contributed by atoms with Crippen molar-refractivity contribution >= 4 is 11.8 Å². The Labute approximate surface area is 199 Å². The van der Waals surface area contributed by atoms with Crippen LogP contribution in [-0.4, -0.2) is 30.9 Å². The summed E-state index contributed by atoms with van der Waals surface area (Å²) >= 11 is 0. The van der Waals surface area contributed by atoms with E-state index in [-0.39, 0.29) is 11.8 Å². The molecule has 0 aliphatic carbocycles. The Morgan fingerprint density at radius 2 is 1.12 bits per heavy atom. The molecule has 5 heteroatoms. The van der Waals surface area contributed by atoms with Crippen molar-refractivity contribution in [3.05, 3.63) is 0 Å². The third-order valence-corrected chi connectivity index (χ3v) is 6.25. The third kappa shape index (κ3) is 20.8. The molecule has 0 fully saturated rings. The maximum Gasteiger partial charge on any atom is 0.242 e. The second kappa shape index (κ2) is 24.5. The molecule has 0 aromatic rings. The van der Waals surface area contributed by atoms with Gasteiger partial charge in [0, 0.05) is 13.0 Å². The maximum atomic E-state index is 12.4. The van der Waals surface area contributed by atoms with E-state index in [1.54, 1.807) is 6.92 Å². The molecule has 0 heterocycles. The normalized spacial score (nSPS) is 12.0. The van der Waals surface area contributed by atoms with E-state index >= 15 is 0 Å². The summed E-state index contributed by atoms with van der Waals surface area (Å²) in [6, 6.07) is -0.421. The topological polar surface area (TPSA) is 84.2 Å². The first-order valence-electron chi connectivity index (χ1n) is 13.9. The van der Waals surface area contributed by atoms with Crippen LogP contribution in [0.3, 0.4) is 0 Å². The number of nitrogens with two attached hydrogens (primary N) is 1. The van der Waals surface area contributed by atoms with Crippen LogP contribution in [0.4, 0.5) is 0 Å². The Hall–Kier alpha value is -1.10. The Bertz CT molecular complexity index is 429. The van der Waals surface area contributed by atoms with Gasteiger partial charge in [-0.2, -0.15) is 0 Å². The molecule has 0 spiro atoms. The molecule has 1 atom stereocenters. The van der Waals surface area contributed by atoms with Gasteiger partial charge in [0.2, 0.25) is 11.8 Å². The predicted molar refractivity (Wildman–Crippen MR) is 138 cm³/mol. The van der Waals surface area contributed by atoms with Gasteiger partial charge in [0.1, 0.15) is 6.04 Å². The van der Waals surface area contributed by atoms with E-state index < -0.39 is 6.04 Å². The Balaban J connectivity index is 3.53. The molecular formula is C27H55N3O2. The lowest BCUT2D eigenvalue weighted by molar-refractivity contribution is -0.129. The van der Waals surface area contributed by atoms with Crippen LogP contribution in [0.2, 0.25) is 0 Å². The maximum absolute atomic E-state index is 12.4. The minimum atomic E-state index is -0.421. The van der Waals surface area contributed by atoms with Gasteiger partial charge in [0.05, 0.1) is 0 Å². The number of amides is 2. The molecule has 0 aromatic carbocycles. The van der Waals surface area contributed by atoms with Crippen LogP contribution in [0.5, 0.6) is 0 Å². The summed E-state index contributed by atoms with van der Waals surface area (Å²) in [6.07, 6.45) is 24.4. The summed E-state index contributed by atoms with van der Waals surface area (Å²) in [6.45, 7) is 5.41. The largest absolute Gasteiger partial charge is 0.354 e. The highest BCUT2D eigenvalue weighted by atomic mass is 16.2. The fourth-order valence-corrected chi connectivity index (χ4v) is 4.07. The van der Waals surface area contributed by atoms with Gasteiger partial charge in [-0.3, -0.25) is 9.59 Å². The average Bonchev–Trinajstić information content (AvgIpc) is 2.80. The van der Waals surface area contributed by atoms with Crippen molar-refractivity contribution in [2.45, 2.75) is 148 Å². The fraction of sp³-hybridized carbons (Fsp3) is 0.926. The van der Waals surface area contributed by atoms with Crippen molar-refractivity contribution in [3.63, 3.8) is 0 Å². The van der Waals surface area contributed by atoms with Gasteiger partial charge >= 0.3 is 0 Å². The van der Waals surface area contributed by atoms with E-state index in [1.807, 2.05) is 0 Å². The first-order valence-corrected chi connectivity index (χ1v) is 13.9. The summed E-state index contributed by atoms with van der Waals surface area (Å²) < 4.78 is 0. The lowest BCUT2D eigenvalue weighted by Crippen LogP contribution is -2.46. The fourth-order valence-electron chi connectivity index (χ4n) is 4.07. The Morgan fingerprint density at radius 1 is 0.656 bits per heavy atom. The quantitative estimate of drug-likeness (QED) is 0.148. The minimum Gasteiger partial charge on any atom is -0.354 e. The van der Waals surface area contributed by atoms with E-state index in [4.69, 9.17) is 5.73 Å². The van der Waals surface area contributed by atoms with Gasteiger partial charge < -0.3 is 16.4 Å². The van der Waals surface area contributed by atoms with Gasteiger partial charge in [-0.15, -0.1) is 0 Å². The van der Waals surface area contributed by atoms with E-state index in [0.29, 0.717) is 25.9 Å². The second-order valence-corrected chi connectivity index (χ2v) is 9.35. The van der Waals surface area contributed by atoms with Crippen LogP contribution in [0.15, 0.2) is 0 Å². The number of rotatable bonds is 24. The molecule has 0 unspecified atom stereocenters. The highest BCUT2D eigenvalue weighted by Crippen LogP contribution is 2.13. The second-order valence-electron chi connectivity index (χ2n) is 9.35. The molecule has 2 amide bonds. The summed E-state index contributed by atoms with van der Waals surface area (Å²) in [4.78, 5) is 24.1. The molecule has 4 N–H and O–H groups in total. The monoisotopic (exact) mass is 453 g/mol. The summed E-state index contributed by atoms with van der Waals surface area (Å²) in [7, 11) is 0. The molecule has 0 bridgehead atoms. The lowest BCUT2D eigenvalue weighted by atomic mass is 10.0. The summed E-state index contributed by atoms with van der Waals surface area (Å²) in [5, 5.41) is 5.84. The number of nitrogens with one attached hydrogen (secondary N) is 2.